The number of hydrogen-bond donors (Lipinski definition) is 1. The lowest BCUT2D eigenvalue weighted by Crippen LogP contribution is -2.37. The van der Waals surface area contributed by atoms with E-state index >= 15 is 0 Å². The summed E-state index contributed by atoms with van der Waals surface area (Å²) in [6.07, 6.45) is 4.84. The van der Waals surface area contributed by atoms with Gasteiger partial charge in [0.2, 0.25) is 0 Å². The molecule has 0 bridgehead atoms. The quantitative estimate of drug-likeness (QED) is 0.814. The van der Waals surface area contributed by atoms with Crippen molar-refractivity contribution in [3.05, 3.63) is 24.3 Å². The number of anilines is 1. The number of ether oxygens (including phenoxy) is 1. The number of piperidine rings is 1. The van der Waals surface area contributed by atoms with Gasteiger partial charge in [-0.25, -0.2) is 0 Å². The minimum atomic E-state index is 0.637. The molecule has 1 saturated heterocycles. The molecular weight excluding hydrogens is 224 g/mol. The first-order valence-corrected chi connectivity index (χ1v) is 7.01. The Labute approximate surface area is 110 Å². The van der Waals surface area contributed by atoms with Gasteiger partial charge in [-0.1, -0.05) is 6.07 Å². The molecule has 0 unspecified atom stereocenters. The molecular formula is C15H24N2O. The highest BCUT2D eigenvalue weighted by Gasteiger charge is 2.18. The van der Waals surface area contributed by atoms with Crippen LogP contribution in [0.25, 0.3) is 0 Å². The van der Waals surface area contributed by atoms with Crippen LogP contribution in [0.4, 0.5) is 5.69 Å². The molecule has 2 N–H and O–H groups in total. The van der Waals surface area contributed by atoms with Crippen LogP contribution in [0, 0.1) is 0 Å². The molecule has 1 atom stereocenters. The Morgan fingerprint density at radius 2 is 2.28 bits per heavy atom. The Hall–Kier alpha value is -1.22. The van der Waals surface area contributed by atoms with Gasteiger partial charge in [-0.15, -0.1) is 0 Å². The Bertz CT molecular complexity index is 367. The third kappa shape index (κ3) is 3.39. The highest BCUT2D eigenvalue weighted by atomic mass is 16.5. The summed E-state index contributed by atoms with van der Waals surface area (Å²) in [5.74, 6) is 0.957. The summed E-state index contributed by atoms with van der Waals surface area (Å²) in [5, 5.41) is 0. The Kier molecular flexibility index (Phi) is 4.88. The van der Waals surface area contributed by atoms with Crippen LogP contribution in [0.5, 0.6) is 5.75 Å². The highest BCUT2D eigenvalue weighted by molar-refractivity contribution is 5.51. The first-order valence-electron chi connectivity index (χ1n) is 7.01. The maximum Gasteiger partial charge on any atom is 0.121 e. The molecule has 100 valence electrons. The van der Waals surface area contributed by atoms with Gasteiger partial charge in [0.15, 0.2) is 0 Å². The number of nitrogens with zero attached hydrogens (tertiary/aromatic N) is 1. The van der Waals surface area contributed by atoms with E-state index in [1.807, 2.05) is 6.07 Å². The van der Waals surface area contributed by atoms with Crippen molar-refractivity contribution in [2.75, 3.05) is 24.6 Å². The zero-order valence-electron chi connectivity index (χ0n) is 11.3. The van der Waals surface area contributed by atoms with E-state index < -0.39 is 0 Å². The first-order chi connectivity index (χ1) is 8.81. The normalized spacial score (nSPS) is 19.9. The lowest BCUT2D eigenvalue weighted by molar-refractivity contribution is 0.313. The summed E-state index contributed by atoms with van der Waals surface area (Å²) >= 11 is 0. The minimum absolute atomic E-state index is 0.637. The summed E-state index contributed by atoms with van der Waals surface area (Å²) in [6.45, 7) is 4.85. The number of hydrogen-bond acceptors (Lipinski definition) is 3. The molecule has 0 spiro atoms. The van der Waals surface area contributed by atoms with Crippen molar-refractivity contribution >= 4 is 5.69 Å². The molecule has 1 heterocycles. The Morgan fingerprint density at radius 1 is 1.39 bits per heavy atom. The molecule has 0 radical (unpaired) electrons. The second kappa shape index (κ2) is 6.64. The van der Waals surface area contributed by atoms with E-state index in [0.717, 1.165) is 18.7 Å². The van der Waals surface area contributed by atoms with Crippen LogP contribution in [0.15, 0.2) is 24.3 Å². The third-order valence-corrected chi connectivity index (χ3v) is 3.57. The van der Waals surface area contributed by atoms with Crippen LogP contribution >= 0.6 is 0 Å². The summed E-state index contributed by atoms with van der Waals surface area (Å²) in [4.78, 5) is 2.49. The Morgan fingerprint density at radius 3 is 3.06 bits per heavy atom. The van der Waals surface area contributed by atoms with Crippen molar-refractivity contribution in [2.45, 2.75) is 38.6 Å². The van der Waals surface area contributed by atoms with Gasteiger partial charge in [0.05, 0.1) is 6.61 Å². The fourth-order valence-electron chi connectivity index (χ4n) is 2.51. The largest absolute Gasteiger partial charge is 0.493 e. The van der Waals surface area contributed by atoms with Gasteiger partial charge in [0.25, 0.3) is 0 Å². The molecule has 0 aliphatic carbocycles. The van der Waals surface area contributed by atoms with E-state index in [-0.39, 0.29) is 0 Å². The fourth-order valence-corrected chi connectivity index (χ4v) is 2.51. The maximum absolute atomic E-state index is 5.71. The van der Waals surface area contributed by atoms with Gasteiger partial charge in [0, 0.05) is 24.3 Å². The molecule has 2 rings (SSSR count). The SMILES string of the molecule is C[C@@H]1CCCCN1c1cccc(OCCCN)c1. The lowest BCUT2D eigenvalue weighted by atomic mass is 10.0. The molecule has 0 saturated carbocycles. The fraction of sp³-hybridized carbons (Fsp3) is 0.600. The molecule has 1 aromatic rings. The van der Waals surface area contributed by atoms with Gasteiger partial charge >= 0.3 is 0 Å². The van der Waals surface area contributed by atoms with Gasteiger partial charge in [-0.05, 0) is 51.3 Å². The van der Waals surface area contributed by atoms with E-state index in [2.05, 4.69) is 30.0 Å². The molecule has 0 aromatic heterocycles. The predicted octanol–water partition coefficient (Wildman–Crippen LogP) is 2.79. The van der Waals surface area contributed by atoms with Gasteiger partial charge < -0.3 is 15.4 Å². The van der Waals surface area contributed by atoms with Gasteiger partial charge in [-0.3, -0.25) is 0 Å². The lowest BCUT2D eigenvalue weighted by Gasteiger charge is -2.35. The van der Waals surface area contributed by atoms with Crippen molar-refractivity contribution in [1.82, 2.24) is 0 Å². The summed E-state index contributed by atoms with van der Waals surface area (Å²) < 4.78 is 5.71. The molecule has 3 heteroatoms. The van der Waals surface area contributed by atoms with Crippen LogP contribution in [0.3, 0.4) is 0 Å². The monoisotopic (exact) mass is 248 g/mol. The van der Waals surface area contributed by atoms with Crippen molar-refractivity contribution in [1.29, 1.82) is 0 Å². The number of rotatable bonds is 5. The van der Waals surface area contributed by atoms with E-state index in [4.69, 9.17) is 10.5 Å². The third-order valence-electron chi connectivity index (χ3n) is 3.57. The number of benzene rings is 1. The minimum Gasteiger partial charge on any atom is -0.493 e. The zero-order valence-corrected chi connectivity index (χ0v) is 11.3. The zero-order chi connectivity index (χ0) is 12.8. The van der Waals surface area contributed by atoms with Crippen molar-refractivity contribution in [3.63, 3.8) is 0 Å². The van der Waals surface area contributed by atoms with E-state index in [1.165, 1.54) is 24.9 Å². The van der Waals surface area contributed by atoms with E-state index in [9.17, 15) is 0 Å². The van der Waals surface area contributed by atoms with Crippen LogP contribution in [0.2, 0.25) is 0 Å². The average Bonchev–Trinajstić information content (AvgIpc) is 2.40. The predicted molar refractivity (Wildman–Crippen MR) is 76.3 cm³/mol. The molecule has 1 fully saturated rings. The standard InChI is InChI=1S/C15H24N2O/c1-13-6-2-3-10-17(13)14-7-4-8-15(12-14)18-11-5-9-16/h4,7-8,12-13H,2-3,5-6,9-11,16H2,1H3/t13-/m1/s1. The average molecular weight is 248 g/mol. The second-order valence-electron chi connectivity index (χ2n) is 5.03. The van der Waals surface area contributed by atoms with Crippen molar-refractivity contribution in [3.8, 4) is 5.75 Å². The molecule has 1 aromatic carbocycles. The van der Waals surface area contributed by atoms with Crippen LogP contribution in [-0.2, 0) is 0 Å². The molecule has 18 heavy (non-hydrogen) atoms. The molecule has 1 aliphatic rings. The molecule has 3 nitrogen and oxygen atoms in total. The Balaban J connectivity index is 2.01. The van der Waals surface area contributed by atoms with E-state index in [1.54, 1.807) is 0 Å². The molecule has 0 amide bonds. The molecule has 1 aliphatic heterocycles. The summed E-state index contributed by atoms with van der Waals surface area (Å²) in [5.41, 5.74) is 6.75. The summed E-state index contributed by atoms with van der Waals surface area (Å²) in [6, 6.07) is 9.07. The smallest absolute Gasteiger partial charge is 0.121 e. The van der Waals surface area contributed by atoms with Gasteiger partial charge in [0.1, 0.15) is 5.75 Å². The van der Waals surface area contributed by atoms with E-state index in [0.29, 0.717) is 19.2 Å². The van der Waals surface area contributed by atoms with Crippen molar-refractivity contribution in [2.24, 2.45) is 5.73 Å². The van der Waals surface area contributed by atoms with Crippen LogP contribution < -0.4 is 15.4 Å². The van der Waals surface area contributed by atoms with Gasteiger partial charge in [-0.2, -0.15) is 0 Å². The van der Waals surface area contributed by atoms with Crippen LogP contribution in [-0.4, -0.2) is 25.7 Å². The second-order valence-corrected chi connectivity index (χ2v) is 5.03. The van der Waals surface area contributed by atoms with Crippen LogP contribution in [0.1, 0.15) is 32.6 Å². The summed E-state index contributed by atoms with van der Waals surface area (Å²) in [7, 11) is 0. The number of nitrogens with two attached hydrogens (primary N) is 1. The highest BCUT2D eigenvalue weighted by Crippen LogP contribution is 2.27. The van der Waals surface area contributed by atoms with Crippen molar-refractivity contribution < 1.29 is 4.74 Å². The first kappa shape index (κ1) is 13.2. The topological polar surface area (TPSA) is 38.5 Å². The maximum atomic E-state index is 5.71.